The van der Waals surface area contributed by atoms with Gasteiger partial charge in [0, 0.05) is 38.9 Å². The number of pyridine rings is 1. The molecule has 1 aromatic carbocycles. The number of rotatable bonds is 8. The lowest BCUT2D eigenvalue weighted by atomic mass is 10.1. The normalized spacial score (nSPS) is 14.6. The number of hydrogen-bond acceptors (Lipinski definition) is 6. The van der Waals surface area contributed by atoms with Gasteiger partial charge in [-0.25, -0.2) is 4.98 Å². The second-order valence-electron chi connectivity index (χ2n) is 6.74. The van der Waals surface area contributed by atoms with Gasteiger partial charge >= 0.3 is 0 Å². The number of ether oxygens (including phenoxy) is 2. The molecule has 0 aliphatic carbocycles. The third kappa shape index (κ3) is 5.36. The summed E-state index contributed by atoms with van der Waals surface area (Å²) in [5.74, 6) is 2.48. The van der Waals surface area contributed by atoms with Gasteiger partial charge in [0.1, 0.15) is 5.82 Å². The van der Waals surface area contributed by atoms with Crippen LogP contribution >= 0.6 is 0 Å². The molecule has 0 spiro atoms. The standard InChI is InChI=1S/C21H28N4O3/c1-27-18-7-6-17(15-19(18)28-2)8-10-23-21(26)16-24-11-13-25(14-12-24)20-5-3-4-9-22-20/h3-7,9,15H,8,10-14,16H2,1-2H3,(H,23,26). The molecule has 0 atom stereocenters. The highest BCUT2D eigenvalue weighted by Crippen LogP contribution is 2.27. The van der Waals surface area contributed by atoms with Crippen LogP contribution in [0.2, 0.25) is 0 Å². The van der Waals surface area contributed by atoms with Crippen molar-refractivity contribution in [1.82, 2.24) is 15.2 Å². The number of carbonyl (C=O) groups is 1. The maximum absolute atomic E-state index is 12.3. The monoisotopic (exact) mass is 384 g/mol. The van der Waals surface area contributed by atoms with Gasteiger partial charge in [-0.1, -0.05) is 12.1 Å². The van der Waals surface area contributed by atoms with Crippen LogP contribution in [0.15, 0.2) is 42.6 Å². The molecular weight excluding hydrogens is 356 g/mol. The molecule has 150 valence electrons. The molecule has 2 heterocycles. The van der Waals surface area contributed by atoms with Gasteiger partial charge < -0.3 is 19.7 Å². The Labute approximate surface area is 166 Å². The number of amides is 1. The number of aromatic nitrogens is 1. The van der Waals surface area contributed by atoms with Gasteiger partial charge in [-0.2, -0.15) is 0 Å². The van der Waals surface area contributed by atoms with E-state index in [1.54, 1.807) is 14.2 Å². The Morgan fingerprint density at radius 2 is 1.86 bits per heavy atom. The number of hydrogen-bond donors (Lipinski definition) is 1. The van der Waals surface area contributed by atoms with Gasteiger partial charge in [-0.3, -0.25) is 9.69 Å². The fourth-order valence-corrected chi connectivity index (χ4v) is 3.32. The van der Waals surface area contributed by atoms with Crippen LogP contribution in [-0.4, -0.2) is 69.3 Å². The average molecular weight is 384 g/mol. The minimum atomic E-state index is 0.0618. The molecule has 1 aromatic heterocycles. The molecule has 1 aliphatic heterocycles. The van der Waals surface area contributed by atoms with E-state index in [0.29, 0.717) is 24.6 Å². The van der Waals surface area contributed by atoms with Gasteiger partial charge in [-0.05, 0) is 36.2 Å². The van der Waals surface area contributed by atoms with E-state index in [1.807, 2.05) is 42.6 Å². The summed E-state index contributed by atoms with van der Waals surface area (Å²) >= 11 is 0. The molecule has 0 bridgehead atoms. The van der Waals surface area contributed by atoms with Crippen LogP contribution in [-0.2, 0) is 11.2 Å². The second-order valence-corrected chi connectivity index (χ2v) is 6.74. The van der Waals surface area contributed by atoms with Crippen molar-refractivity contribution in [3.63, 3.8) is 0 Å². The van der Waals surface area contributed by atoms with Gasteiger partial charge in [0.2, 0.25) is 5.91 Å². The Kier molecular flexibility index (Phi) is 7.08. The second kappa shape index (κ2) is 9.94. The Bertz CT molecular complexity index is 762. The molecule has 1 aliphatic rings. The van der Waals surface area contributed by atoms with E-state index in [-0.39, 0.29) is 5.91 Å². The topological polar surface area (TPSA) is 66.9 Å². The summed E-state index contributed by atoms with van der Waals surface area (Å²) in [6.45, 7) is 4.52. The zero-order valence-electron chi connectivity index (χ0n) is 16.6. The van der Waals surface area contributed by atoms with Crippen LogP contribution in [0.1, 0.15) is 5.56 Å². The molecular formula is C21H28N4O3. The molecule has 7 nitrogen and oxygen atoms in total. The number of carbonyl (C=O) groups excluding carboxylic acids is 1. The molecule has 0 unspecified atom stereocenters. The zero-order chi connectivity index (χ0) is 19.8. The van der Waals surface area contributed by atoms with Crippen LogP contribution in [0.4, 0.5) is 5.82 Å². The smallest absolute Gasteiger partial charge is 0.234 e. The fourth-order valence-electron chi connectivity index (χ4n) is 3.32. The lowest BCUT2D eigenvalue weighted by molar-refractivity contribution is -0.122. The maximum atomic E-state index is 12.3. The maximum Gasteiger partial charge on any atom is 0.234 e. The first-order valence-electron chi connectivity index (χ1n) is 9.55. The fraction of sp³-hybridized carbons (Fsp3) is 0.429. The number of benzene rings is 1. The molecule has 3 rings (SSSR count). The Morgan fingerprint density at radius 1 is 1.07 bits per heavy atom. The van der Waals surface area contributed by atoms with Crippen molar-refractivity contribution >= 4 is 11.7 Å². The van der Waals surface area contributed by atoms with Crippen molar-refractivity contribution in [3.05, 3.63) is 48.2 Å². The largest absolute Gasteiger partial charge is 0.493 e. The molecule has 1 N–H and O–H groups in total. The Balaban J connectivity index is 1.38. The van der Waals surface area contributed by atoms with Crippen LogP contribution in [0.25, 0.3) is 0 Å². The molecule has 7 heteroatoms. The van der Waals surface area contributed by atoms with E-state index in [2.05, 4.69) is 20.1 Å². The molecule has 28 heavy (non-hydrogen) atoms. The SMILES string of the molecule is COc1ccc(CCNC(=O)CN2CCN(c3ccccn3)CC2)cc1OC. The predicted octanol–water partition coefficient (Wildman–Crippen LogP) is 1.58. The molecule has 1 saturated heterocycles. The van der Waals surface area contributed by atoms with Crippen molar-refractivity contribution in [1.29, 1.82) is 0 Å². The summed E-state index contributed by atoms with van der Waals surface area (Å²) in [5, 5.41) is 3.01. The Hall–Kier alpha value is -2.80. The van der Waals surface area contributed by atoms with Gasteiger partial charge in [0.15, 0.2) is 11.5 Å². The summed E-state index contributed by atoms with van der Waals surface area (Å²) < 4.78 is 10.6. The third-order valence-electron chi connectivity index (χ3n) is 4.90. The van der Waals surface area contributed by atoms with Crippen LogP contribution in [0.5, 0.6) is 11.5 Å². The highest BCUT2D eigenvalue weighted by atomic mass is 16.5. The summed E-state index contributed by atoms with van der Waals surface area (Å²) in [6.07, 6.45) is 2.56. The van der Waals surface area contributed by atoms with Crippen molar-refractivity contribution < 1.29 is 14.3 Å². The van der Waals surface area contributed by atoms with E-state index >= 15 is 0 Å². The van der Waals surface area contributed by atoms with Crippen molar-refractivity contribution in [2.45, 2.75) is 6.42 Å². The highest BCUT2D eigenvalue weighted by molar-refractivity contribution is 5.78. The van der Waals surface area contributed by atoms with Crippen molar-refractivity contribution in [2.24, 2.45) is 0 Å². The van der Waals surface area contributed by atoms with Crippen LogP contribution in [0.3, 0.4) is 0 Å². The van der Waals surface area contributed by atoms with Crippen molar-refractivity contribution in [3.8, 4) is 11.5 Å². The summed E-state index contributed by atoms with van der Waals surface area (Å²) in [4.78, 5) is 21.1. The first-order chi connectivity index (χ1) is 13.7. The van der Waals surface area contributed by atoms with E-state index in [9.17, 15) is 4.79 Å². The number of nitrogens with one attached hydrogen (secondary N) is 1. The highest BCUT2D eigenvalue weighted by Gasteiger charge is 2.19. The average Bonchev–Trinajstić information content (AvgIpc) is 2.74. The molecule has 0 radical (unpaired) electrons. The quantitative estimate of drug-likeness (QED) is 0.745. The minimum Gasteiger partial charge on any atom is -0.493 e. The van der Waals surface area contributed by atoms with Gasteiger partial charge in [-0.15, -0.1) is 0 Å². The van der Waals surface area contributed by atoms with Gasteiger partial charge in [0.25, 0.3) is 0 Å². The number of anilines is 1. The summed E-state index contributed by atoms with van der Waals surface area (Å²) in [5.41, 5.74) is 1.10. The Morgan fingerprint density at radius 3 is 2.54 bits per heavy atom. The molecule has 1 amide bonds. The lowest BCUT2D eigenvalue weighted by Gasteiger charge is -2.34. The van der Waals surface area contributed by atoms with Crippen LogP contribution < -0.4 is 19.7 Å². The molecule has 2 aromatic rings. The summed E-state index contributed by atoms with van der Waals surface area (Å²) in [6, 6.07) is 11.8. The van der Waals surface area contributed by atoms with Crippen LogP contribution in [0, 0.1) is 0 Å². The van der Waals surface area contributed by atoms with E-state index in [0.717, 1.165) is 44.0 Å². The minimum absolute atomic E-state index is 0.0618. The lowest BCUT2D eigenvalue weighted by Crippen LogP contribution is -2.49. The number of piperazine rings is 1. The first-order valence-corrected chi connectivity index (χ1v) is 9.55. The van der Waals surface area contributed by atoms with Gasteiger partial charge in [0.05, 0.1) is 20.8 Å². The van der Waals surface area contributed by atoms with E-state index in [1.165, 1.54) is 0 Å². The van der Waals surface area contributed by atoms with E-state index < -0.39 is 0 Å². The predicted molar refractivity (Wildman–Crippen MR) is 109 cm³/mol. The van der Waals surface area contributed by atoms with E-state index in [4.69, 9.17) is 9.47 Å². The zero-order valence-corrected chi connectivity index (χ0v) is 16.6. The number of nitrogens with zero attached hydrogens (tertiary/aromatic N) is 3. The third-order valence-corrected chi connectivity index (χ3v) is 4.90. The molecule has 1 fully saturated rings. The summed E-state index contributed by atoms with van der Waals surface area (Å²) in [7, 11) is 3.24. The number of methoxy groups -OCH3 is 2. The van der Waals surface area contributed by atoms with Crippen molar-refractivity contribution in [2.75, 3.05) is 58.4 Å². The first kappa shape index (κ1) is 19.9. The molecule has 0 saturated carbocycles.